The summed E-state index contributed by atoms with van der Waals surface area (Å²) in [6.07, 6.45) is 1.30. The number of carbonyl (C=O) groups excluding carboxylic acids is 1. The molecule has 2 heterocycles. The molecule has 1 fully saturated rings. The van der Waals surface area contributed by atoms with E-state index in [9.17, 15) is 22.0 Å². The van der Waals surface area contributed by atoms with Gasteiger partial charge < -0.3 is 4.74 Å². The van der Waals surface area contributed by atoms with Crippen molar-refractivity contribution in [1.29, 1.82) is 0 Å². The Morgan fingerprint density at radius 3 is 2.33 bits per heavy atom. The van der Waals surface area contributed by atoms with E-state index in [1.165, 1.54) is 58.9 Å². The number of Topliss-reactive ketones (excluding diaryl/α,β-unsaturated/α-hetero) is 1. The van der Waals surface area contributed by atoms with Crippen molar-refractivity contribution in [3.05, 3.63) is 82.9 Å². The van der Waals surface area contributed by atoms with Crippen molar-refractivity contribution in [2.45, 2.75) is 17.7 Å². The molecule has 0 aliphatic carbocycles. The van der Waals surface area contributed by atoms with E-state index < -0.39 is 21.7 Å². The highest BCUT2D eigenvalue weighted by atomic mass is 35.5. The number of ether oxygens (including phenoxy) is 1. The van der Waals surface area contributed by atoms with Gasteiger partial charge in [0.25, 0.3) is 10.0 Å². The highest BCUT2D eigenvalue weighted by Gasteiger charge is 2.36. The van der Waals surface area contributed by atoms with Crippen LogP contribution < -0.4 is 9.04 Å². The van der Waals surface area contributed by atoms with Gasteiger partial charge in [-0.3, -0.25) is 14.0 Å². The van der Waals surface area contributed by atoms with Crippen LogP contribution in [0.1, 0.15) is 23.2 Å². The van der Waals surface area contributed by atoms with Crippen LogP contribution in [-0.4, -0.2) is 45.3 Å². The highest BCUT2D eigenvalue weighted by Crippen LogP contribution is 2.44. The van der Waals surface area contributed by atoms with E-state index in [-0.39, 0.29) is 51.9 Å². The summed E-state index contributed by atoms with van der Waals surface area (Å²) >= 11 is 6.09. The first-order chi connectivity index (χ1) is 17.2. The zero-order valence-electron chi connectivity index (χ0n) is 19.2. The Labute approximate surface area is 213 Å². The molecule has 0 atom stereocenters. The number of fused-ring (bicyclic) bond motifs is 2. The number of nitrogens with zero attached hydrogens (tertiary/aromatic N) is 2. The average Bonchev–Trinajstić information content (AvgIpc) is 2.93. The molecule has 0 spiro atoms. The van der Waals surface area contributed by atoms with Crippen LogP contribution in [-0.2, 0) is 10.0 Å². The number of hydrogen-bond acceptors (Lipinski definition) is 5. The lowest BCUT2D eigenvalue weighted by Crippen LogP contribution is -2.42. The van der Waals surface area contributed by atoms with Gasteiger partial charge in [0, 0.05) is 23.2 Å². The summed E-state index contributed by atoms with van der Waals surface area (Å²) in [5.74, 6) is -0.720. The summed E-state index contributed by atoms with van der Waals surface area (Å²) in [5.41, 5.74) is 0.585. The summed E-state index contributed by atoms with van der Waals surface area (Å²) in [5, 5.41) is 0.247. The standard InChI is InChI=1S/C26H23ClF2N2O4S/c27-19-3-7-25-26(13-19)36(33,34)31(22-14-21(29)6-8-24(22)35-25)15-17-9-11-30(12-10-17)16-23(32)18-1-4-20(28)5-2-18/h1-8,13-14,17H,9-12,15-16H2. The molecule has 0 aromatic heterocycles. The summed E-state index contributed by atoms with van der Waals surface area (Å²) in [7, 11) is -4.08. The Kier molecular flexibility index (Phi) is 6.72. The number of anilines is 1. The van der Waals surface area contributed by atoms with Crippen LogP contribution in [0.2, 0.25) is 5.02 Å². The Hall–Kier alpha value is -3.01. The van der Waals surface area contributed by atoms with Gasteiger partial charge in [0.1, 0.15) is 22.3 Å². The fourth-order valence-electron chi connectivity index (χ4n) is 4.59. The van der Waals surface area contributed by atoms with E-state index in [0.29, 0.717) is 31.5 Å². The Bertz CT molecular complexity index is 1410. The van der Waals surface area contributed by atoms with E-state index in [2.05, 4.69) is 0 Å². The number of sulfonamides is 1. The second-order valence-electron chi connectivity index (χ2n) is 8.99. The molecule has 10 heteroatoms. The molecule has 0 unspecified atom stereocenters. The predicted octanol–water partition coefficient (Wildman–Crippen LogP) is 5.51. The topological polar surface area (TPSA) is 66.9 Å². The second-order valence-corrected chi connectivity index (χ2v) is 11.3. The van der Waals surface area contributed by atoms with Crippen LogP contribution in [0.15, 0.2) is 65.6 Å². The van der Waals surface area contributed by atoms with Gasteiger partial charge >= 0.3 is 0 Å². The summed E-state index contributed by atoms with van der Waals surface area (Å²) in [4.78, 5) is 14.5. The van der Waals surface area contributed by atoms with Crippen LogP contribution >= 0.6 is 11.6 Å². The number of ketones is 1. The molecule has 1 saturated heterocycles. The molecule has 0 saturated carbocycles. The first-order valence-corrected chi connectivity index (χ1v) is 13.3. The largest absolute Gasteiger partial charge is 0.454 e. The monoisotopic (exact) mass is 532 g/mol. The van der Waals surface area contributed by atoms with E-state index in [1.54, 1.807) is 0 Å². The van der Waals surface area contributed by atoms with Crippen LogP contribution in [0.25, 0.3) is 0 Å². The minimum absolute atomic E-state index is 0.0196. The number of benzene rings is 3. The molecule has 0 bridgehead atoms. The number of carbonyl (C=O) groups is 1. The third-order valence-corrected chi connectivity index (χ3v) is 8.58. The summed E-state index contributed by atoms with van der Waals surface area (Å²) < 4.78 is 61.8. The maximum absolute atomic E-state index is 14.2. The van der Waals surface area contributed by atoms with Gasteiger partial charge in [0.2, 0.25) is 0 Å². The molecule has 188 valence electrons. The normalized spacial score (nSPS) is 17.6. The first kappa shape index (κ1) is 24.7. The van der Waals surface area contributed by atoms with Crippen LogP contribution in [0.3, 0.4) is 0 Å². The van der Waals surface area contributed by atoms with Gasteiger partial charge in [-0.1, -0.05) is 11.6 Å². The van der Waals surface area contributed by atoms with Gasteiger partial charge in [-0.25, -0.2) is 17.2 Å². The molecule has 5 rings (SSSR count). The molecular formula is C26H23ClF2N2O4S. The average molecular weight is 533 g/mol. The van der Waals surface area contributed by atoms with Gasteiger partial charge in [-0.15, -0.1) is 0 Å². The molecule has 6 nitrogen and oxygen atoms in total. The minimum Gasteiger partial charge on any atom is -0.454 e. The summed E-state index contributed by atoms with van der Waals surface area (Å²) in [6, 6.07) is 13.6. The Morgan fingerprint density at radius 1 is 0.944 bits per heavy atom. The number of hydrogen-bond donors (Lipinski definition) is 0. The fourth-order valence-corrected chi connectivity index (χ4v) is 6.52. The van der Waals surface area contributed by atoms with E-state index in [1.807, 2.05) is 4.90 Å². The zero-order chi connectivity index (χ0) is 25.4. The van der Waals surface area contributed by atoms with Crippen molar-refractivity contribution in [1.82, 2.24) is 4.90 Å². The first-order valence-electron chi connectivity index (χ1n) is 11.5. The van der Waals surface area contributed by atoms with E-state index in [4.69, 9.17) is 16.3 Å². The Balaban J connectivity index is 1.34. The molecular weight excluding hydrogens is 510 g/mol. The smallest absolute Gasteiger partial charge is 0.268 e. The molecule has 36 heavy (non-hydrogen) atoms. The second kappa shape index (κ2) is 9.80. The fraction of sp³-hybridized carbons (Fsp3) is 0.269. The molecule has 3 aromatic rings. The van der Waals surface area contributed by atoms with Crippen LogP contribution in [0, 0.1) is 17.6 Å². The minimum atomic E-state index is -4.08. The van der Waals surface area contributed by atoms with Crippen molar-refractivity contribution >= 4 is 33.1 Å². The van der Waals surface area contributed by atoms with Crippen molar-refractivity contribution in [2.24, 2.45) is 5.92 Å². The molecule has 3 aromatic carbocycles. The Morgan fingerprint density at radius 2 is 1.61 bits per heavy atom. The van der Waals surface area contributed by atoms with Gasteiger partial charge in [-0.05, 0) is 86.4 Å². The lowest BCUT2D eigenvalue weighted by molar-refractivity contribution is 0.0898. The number of halogens is 3. The lowest BCUT2D eigenvalue weighted by Gasteiger charge is -2.34. The number of rotatable bonds is 5. The van der Waals surface area contributed by atoms with Crippen molar-refractivity contribution in [3.63, 3.8) is 0 Å². The highest BCUT2D eigenvalue weighted by molar-refractivity contribution is 7.93. The zero-order valence-corrected chi connectivity index (χ0v) is 20.7. The third kappa shape index (κ3) is 4.96. The van der Waals surface area contributed by atoms with E-state index >= 15 is 0 Å². The predicted molar refractivity (Wildman–Crippen MR) is 132 cm³/mol. The summed E-state index contributed by atoms with van der Waals surface area (Å²) in [6.45, 7) is 1.53. The van der Waals surface area contributed by atoms with Gasteiger partial charge in [0.05, 0.1) is 12.2 Å². The molecule has 0 amide bonds. The maximum atomic E-state index is 14.2. The molecule has 0 radical (unpaired) electrons. The van der Waals surface area contributed by atoms with Crippen molar-refractivity contribution in [3.8, 4) is 11.5 Å². The van der Waals surface area contributed by atoms with E-state index in [0.717, 1.165) is 6.07 Å². The van der Waals surface area contributed by atoms with Crippen molar-refractivity contribution < 1.29 is 26.7 Å². The van der Waals surface area contributed by atoms with Gasteiger partial charge in [-0.2, -0.15) is 0 Å². The van der Waals surface area contributed by atoms with Crippen molar-refractivity contribution in [2.75, 3.05) is 30.5 Å². The quantitative estimate of drug-likeness (QED) is 0.405. The van der Waals surface area contributed by atoms with Crippen LogP contribution in [0.4, 0.5) is 14.5 Å². The maximum Gasteiger partial charge on any atom is 0.268 e. The van der Waals surface area contributed by atoms with Gasteiger partial charge in [0.15, 0.2) is 11.5 Å². The third-order valence-electron chi connectivity index (χ3n) is 6.55. The van der Waals surface area contributed by atoms with Crippen LogP contribution in [0.5, 0.6) is 11.5 Å². The molecule has 2 aliphatic rings. The lowest BCUT2D eigenvalue weighted by atomic mass is 9.96. The molecule has 2 aliphatic heterocycles. The SMILES string of the molecule is O=C(CN1CCC(CN2c3cc(F)ccc3Oc3ccc(Cl)cc3S2(=O)=O)CC1)c1ccc(F)cc1. The number of likely N-dealkylation sites (tertiary alicyclic amines) is 1. The molecule has 0 N–H and O–H groups in total. The number of piperidine rings is 1.